The van der Waals surface area contributed by atoms with Crippen molar-refractivity contribution in [2.75, 3.05) is 37.6 Å². The monoisotopic (exact) mass is 313 g/mol. The van der Waals surface area contributed by atoms with Gasteiger partial charge in [0.1, 0.15) is 5.41 Å². The lowest BCUT2D eigenvalue weighted by molar-refractivity contribution is -0.144. The third kappa shape index (κ3) is 3.09. The van der Waals surface area contributed by atoms with Crippen molar-refractivity contribution in [1.82, 2.24) is 10.2 Å². The molecule has 5 nitrogen and oxygen atoms in total. The van der Waals surface area contributed by atoms with E-state index in [2.05, 4.69) is 28.9 Å². The minimum Gasteiger partial charge on any atom is -0.368 e. The van der Waals surface area contributed by atoms with Crippen molar-refractivity contribution in [2.45, 2.75) is 12.8 Å². The van der Waals surface area contributed by atoms with Gasteiger partial charge in [-0.25, -0.2) is 0 Å². The molecule has 2 aliphatic rings. The lowest BCUT2D eigenvalue weighted by Crippen LogP contribution is -2.53. The Morgan fingerprint density at radius 3 is 2.35 bits per heavy atom. The van der Waals surface area contributed by atoms with Crippen LogP contribution >= 0.6 is 0 Å². The molecule has 1 aromatic rings. The second-order valence-electron chi connectivity index (χ2n) is 6.20. The molecule has 5 heteroatoms. The van der Waals surface area contributed by atoms with E-state index < -0.39 is 5.41 Å². The zero-order chi connectivity index (χ0) is 16.3. The van der Waals surface area contributed by atoms with Gasteiger partial charge in [0.25, 0.3) is 0 Å². The number of anilines is 1. The molecule has 1 aliphatic carbocycles. The Kier molecular flexibility index (Phi) is 4.37. The molecule has 0 aromatic heterocycles. The Hall–Kier alpha value is -2.30. The first kappa shape index (κ1) is 15.6. The molecular weight excluding hydrogens is 290 g/mol. The summed E-state index contributed by atoms with van der Waals surface area (Å²) >= 11 is 0. The minimum atomic E-state index is -0.808. The molecule has 1 saturated carbocycles. The molecule has 1 heterocycles. The highest BCUT2D eigenvalue weighted by Crippen LogP contribution is 2.47. The zero-order valence-electron chi connectivity index (χ0n) is 13.3. The molecule has 0 bridgehead atoms. The number of hydrogen-bond donors (Lipinski definition) is 1. The second-order valence-corrected chi connectivity index (χ2v) is 6.20. The molecule has 3 rings (SSSR count). The van der Waals surface area contributed by atoms with Crippen LogP contribution in [0.1, 0.15) is 12.8 Å². The van der Waals surface area contributed by atoms with Crippen LogP contribution in [0.3, 0.4) is 0 Å². The molecule has 1 saturated heterocycles. The van der Waals surface area contributed by atoms with E-state index in [1.165, 1.54) is 5.69 Å². The summed E-state index contributed by atoms with van der Waals surface area (Å²) in [7, 11) is 0. The largest absolute Gasteiger partial charge is 0.368 e. The molecule has 1 aromatic carbocycles. The lowest BCUT2D eigenvalue weighted by atomic mass is 10.0. The van der Waals surface area contributed by atoms with Gasteiger partial charge in [-0.1, -0.05) is 24.3 Å². The van der Waals surface area contributed by atoms with E-state index in [0.29, 0.717) is 32.5 Å². The van der Waals surface area contributed by atoms with E-state index >= 15 is 0 Å². The zero-order valence-corrected chi connectivity index (χ0v) is 13.3. The van der Waals surface area contributed by atoms with Gasteiger partial charge >= 0.3 is 0 Å². The van der Waals surface area contributed by atoms with Crippen LogP contribution in [0.15, 0.2) is 43.0 Å². The van der Waals surface area contributed by atoms with E-state index in [4.69, 9.17) is 0 Å². The van der Waals surface area contributed by atoms with E-state index in [1.807, 2.05) is 23.1 Å². The normalized spacial score (nSPS) is 19.1. The van der Waals surface area contributed by atoms with Gasteiger partial charge in [-0.2, -0.15) is 0 Å². The van der Waals surface area contributed by atoms with Crippen molar-refractivity contribution in [1.29, 1.82) is 0 Å². The Bertz CT molecular complexity index is 588. The van der Waals surface area contributed by atoms with Gasteiger partial charge in [-0.15, -0.1) is 6.58 Å². The molecule has 0 unspecified atom stereocenters. The van der Waals surface area contributed by atoms with Crippen molar-refractivity contribution in [3.63, 3.8) is 0 Å². The molecular formula is C18H23N3O2. The fourth-order valence-electron chi connectivity index (χ4n) is 3.11. The number of nitrogens with one attached hydrogen (secondary N) is 1. The quantitative estimate of drug-likeness (QED) is 0.661. The number of nitrogens with zero attached hydrogens (tertiary/aromatic N) is 2. The third-order valence-corrected chi connectivity index (χ3v) is 4.69. The Labute approximate surface area is 137 Å². The maximum atomic E-state index is 12.8. The van der Waals surface area contributed by atoms with Crippen LogP contribution < -0.4 is 10.2 Å². The van der Waals surface area contributed by atoms with Gasteiger partial charge in [-0.3, -0.25) is 9.59 Å². The maximum Gasteiger partial charge on any atom is 0.238 e. The van der Waals surface area contributed by atoms with Crippen molar-refractivity contribution in [3.8, 4) is 0 Å². The number of benzene rings is 1. The fraction of sp³-hybridized carbons (Fsp3) is 0.444. The maximum absolute atomic E-state index is 12.8. The van der Waals surface area contributed by atoms with Gasteiger partial charge in [-0.05, 0) is 25.0 Å². The van der Waals surface area contributed by atoms with Crippen LogP contribution in [0.25, 0.3) is 0 Å². The summed E-state index contributed by atoms with van der Waals surface area (Å²) in [6, 6.07) is 10.2. The van der Waals surface area contributed by atoms with Crippen LogP contribution in [-0.2, 0) is 9.59 Å². The second kappa shape index (κ2) is 6.44. The number of amides is 2. The van der Waals surface area contributed by atoms with Crippen molar-refractivity contribution >= 4 is 17.5 Å². The summed E-state index contributed by atoms with van der Waals surface area (Å²) in [6.07, 6.45) is 2.96. The first-order valence-electron chi connectivity index (χ1n) is 8.16. The van der Waals surface area contributed by atoms with Crippen molar-refractivity contribution in [3.05, 3.63) is 43.0 Å². The van der Waals surface area contributed by atoms with Gasteiger partial charge < -0.3 is 15.1 Å². The topological polar surface area (TPSA) is 52.7 Å². The molecule has 0 atom stereocenters. The van der Waals surface area contributed by atoms with E-state index in [1.54, 1.807) is 6.08 Å². The molecule has 2 amide bonds. The molecule has 122 valence electrons. The summed E-state index contributed by atoms with van der Waals surface area (Å²) < 4.78 is 0. The molecule has 2 fully saturated rings. The van der Waals surface area contributed by atoms with Gasteiger partial charge in [0.2, 0.25) is 11.8 Å². The number of piperazine rings is 1. The predicted octanol–water partition coefficient (Wildman–Crippen LogP) is 1.42. The lowest BCUT2D eigenvalue weighted by Gasteiger charge is -2.37. The smallest absolute Gasteiger partial charge is 0.238 e. The Morgan fingerprint density at radius 1 is 1.13 bits per heavy atom. The summed E-state index contributed by atoms with van der Waals surface area (Å²) in [5, 5.41) is 2.77. The van der Waals surface area contributed by atoms with Crippen molar-refractivity contribution < 1.29 is 9.59 Å². The molecule has 1 N–H and O–H groups in total. The van der Waals surface area contributed by atoms with Crippen LogP contribution in [0.2, 0.25) is 0 Å². The SMILES string of the molecule is C=CCNC(=O)C1(C(=O)N2CCN(c3ccccc3)CC2)CC1. The van der Waals surface area contributed by atoms with E-state index in [0.717, 1.165) is 13.1 Å². The number of carbonyl (C=O) groups is 2. The summed E-state index contributed by atoms with van der Waals surface area (Å²) in [5.41, 5.74) is 0.377. The first-order chi connectivity index (χ1) is 11.2. The summed E-state index contributed by atoms with van der Waals surface area (Å²) in [4.78, 5) is 29.1. The molecule has 0 spiro atoms. The van der Waals surface area contributed by atoms with Crippen LogP contribution in [-0.4, -0.2) is 49.4 Å². The number of rotatable bonds is 5. The Morgan fingerprint density at radius 2 is 1.78 bits per heavy atom. The summed E-state index contributed by atoms with van der Waals surface area (Å²) in [5.74, 6) is -0.153. The third-order valence-electron chi connectivity index (χ3n) is 4.69. The highest BCUT2D eigenvalue weighted by Gasteiger charge is 2.57. The molecule has 0 radical (unpaired) electrons. The predicted molar refractivity (Wildman–Crippen MR) is 90.1 cm³/mol. The van der Waals surface area contributed by atoms with Crippen LogP contribution in [0.4, 0.5) is 5.69 Å². The molecule has 23 heavy (non-hydrogen) atoms. The highest BCUT2D eigenvalue weighted by molar-refractivity contribution is 6.08. The van der Waals surface area contributed by atoms with Crippen LogP contribution in [0, 0.1) is 5.41 Å². The average molecular weight is 313 g/mol. The number of carbonyl (C=O) groups excluding carboxylic acids is 2. The van der Waals surface area contributed by atoms with Gasteiger partial charge in [0.05, 0.1) is 0 Å². The average Bonchev–Trinajstić information content (AvgIpc) is 3.42. The van der Waals surface area contributed by atoms with Crippen molar-refractivity contribution in [2.24, 2.45) is 5.41 Å². The summed E-state index contributed by atoms with van der Waals surface area (Å²) in [6.45, 7) is 6.96. The standard InChI is InChI=1S/C18H23N3O2/c1-2-10-19-16(22)18(8-9-18)17(23)21-13-11-20(12-14-21)15-6-4-3-5-7-15/h2-7H,1,8-14H2,(H,19,22). The fourth-order valence-corrected chi connectivity index (χ4v) is 3.11. The first-order valence-corrected chi connectivity index (χ1v) is 8.16. The highest BCUT2D eigenvalue weighted by atomic mass is 16.2. The molecule has 1 aliphatic heterocycles. The van der Waals surface area contributed by atoms with Crippen LogP contribution in [0.5, 0.6) is 0 Å². The Balaban J connectivity index is 1.58. The van der Waals surface area contributed by atoms with E-state index in [-0.39, 0.29) is 11.8 Å². The van der Waals surface area contributed by atoms with Gasteiger partial charge in [0.15, 0.2) is 0 Å². The number of para-hydroxylation sites is 1. The minimum absolute atomic E-state index is 0.00762. The van der Waals surface area contributed by atoms with E-state index in [9.17, 15) is 9.59 Å². The number of hydrogen-bond acceptors (Lipinski definition) is 3. The van der Waals surface area contributed by atoms with Gasteiger partial charge in [0, 0.05) is 38.4 Å².